The van der Waals surface area contributed by atoms with Crippen LogP contribution in [0, 0.1) is 0 Å². The van der Waals surface area contributed by atoms with Gasteiger partial charge in [0.15, 0.2) is 11.7 Å². The number of nitrogens with zero attached hydrogens (tertiary/aromatic N) is 4. The van der Waals surface area contributed by atoms with Crippen LogP contribution in [-0.4, -0.2) is 25.8 Å². The van der Waals surface area contributed by atoms with Crippen molar-refractivity contribution in [1.29, 1.82) is 0 Å². The van der Waals surface area contributed by atoms with Crippen LogP contribution < -0.4 is 5.73 Å². The number of oxime groups is 1. The van der Waals surface area contributed by atoms with E-state index in [4.69, 9.17) is 10.9 Å². The van der Waals surface area contributed by atoms with Crippen molar-refractivity contribution >= 4 is 5.84 Å². The molecule has 6 nitrogen and oxygen atoms in total. The van der Waals surface area contributed by atoms with Crippen LogP contribution in [0.5, 0.6) is 0 Å². The molecular formula is C12H15N5O. The Hall–Kier alpha value is -2.37. The quantitative estimate of drug-likeness (QED) is 0.371. The van der Waals surface area contributed by atoms with Crippen molar-refractivity contribution in [2.24, 2.45) is 10.9 Å². The number of amidine groups is 1. The van der Waals surface area contributed by atoms with Gasteiger partial charge in [0.2, 0.25) is 0 Å². The van der Waals surface area contributed by atoms with E-state index >= 15 is 0 Å². The number of rotatable bonds is 3. The average Bonchev–Trinajstić information content (AvgIpc) is 2.87. The zero-order valence-corrected chi connectivity index (χ0v) is 10.3. The third-order valence-electron chi connectivity index (χ3n) is 2.59. The van der Waals surface area contributed by atoms with Crippen LogP contribution >= 0.6 is 0 Å². The standard InChI is InChI=1S/C12H15N5O/c1-8(2)10-5-7-17(15-10)12-9(11(13)16-18)4-3-6-14-12/h3-8,18H,1-2H3,(H2,13,16). The molecule has 94 valence electrons. The summed E-state index contributed by atoms with van der Waals surface area (Å²) in [5.74, 6) is 0.890. The minimum absolute atomic E-state index is 0.0136. The van der Waals surface area contributed by atoms with Gasteiger partial charge < -0.3 is 10.9 Å². The third-order valence-corrected chi connectivity index (χ3v) is 2.59. The summed E-state index contributed by atoms with van der Waals surface area (Å²) >= 11 is 0. The first kappa shape index (κ1) is 12.1. The summed E-state index contributed by atoms with van der Waals surface area (Å²) in [5.41, 5.74) is 7.12. The predicted octanol–water partition coefficient (Wildman–Crippen LogP) is 1.49. The van der Waals surface area contributed by atoms with E-state index in [0.717, 1.165) is 5.69 Å². The summed E-state index contributed by atoms with van der Waals surface area (Å²) in [7, 11) is 0. The Balaban J connectivity index is 2.50. The van der Waals surface area contributed by atoms with Crippen LogP contribution in [0.1, 0.15) is 31.0 Å². The zero-order valence-electron chi connectivity index (χ0n) is 10.3. The van der Waals surface area contributed by atoms with Crippen LogP contribution in [0.15, 0.2) is 35.7 Å². The Morgan fingerprint density at radius 1 is 1.44 bits per heavy atom. The number of pyridine rings is 1. The number of nitrogens with two attached hydrogens (primary N) is 1. The van der Waals surface area contributed by atoms with E-state index in [0.29, 0.717) is 17.3 Å². The fourth-order valence-electron chi connectivity index (χ4n) is 1.60. The highest BCUT2D eigenvalue weighted by molar-refractivity contribution is 5.99. The maximum atomic E-state index is 8.76. The molecule has 0 aliphatic carbocycles. The molecule has 2 rings (SSSR count). The molecule has 0 amide bonds. The highest BCUT2D eigenvalue weighted by Crippen LogP contribution is 2.15. The van der Waals surface area contributed by atoms with E-state index in [2.05, 4.69) is 29.1 Å². The van der Waals surface area contributed by atoms with E-state index in [1.807, 2.05) is 12.3 Å². The second kappa shape index (κ2) is 4.87. The SMILES string of the molecule is CC(C)c1ccn(-c2ncccc2C(N)=NO)n1. The van der Waals surface area contributed by atoms with E-state index < -0.39 is 0 Å². The van der Waals surface area contributed by atoms with Gasteiger partial charge in [0.05, 0.1) is 11.3 Å². The molecule has 0 aliphatic rings. The molecule has 0 bridgehead atoms. The molecule has 0 saturated heterocycles. The van der Waals surface area contributed by atoms with Crippen LogP contribution in [0.25, 0.3) is 5.82 Å². The van der Waals surface area contributed by atoms with Crippen LogP contribution in [0.2, 0.25) is 0 Å². The molecule has 0 fully saturated rings. The summed E-state index contributed by atoms with van der Waals surface area (Å²) in [4.78, 5) is 4.22. The lowest BCUT2D eigenvalue weighted by Gasteiger charge is -2.06. The monoisotopic (exact) mass is 245 g/mol. The second-order valence-corrected chi connectivity index (χ2v) is 4.20. The van der Waals surface area contributed by atoms with E-state index in [1.54, 1.807) is 23.0 Å². The van der Waals surface area contributed by atoms with Gasteiger partial charge in [-0.1, -0.05) is 19.0 Å². The molecule has 0 atom stereocenters. The van der Waals surface area contributed by atoms with E-state index in [-0.39, 0.29) is 5.84 Å². The first-order valence-electron chi connectivity index (χ1n) is 5.62. The third kappa shape index (κ3) is 2.17. The van der Waals surface area contributed by atoms with Gasteiger partial charge in [-0.05, 0) is 24.1 Å². The largest absolute Gasteiger partial charge is 0.409 e. The number of aromatic nitrogens is 3. The van der Waals surface area contributed by atoms with Gasteiger partial charge in [0.25, 0.3) is 0 Å². The summed E-state index contributed by atoms with van der Waals surface area (Å²) in [6, 6.07) is 5.38. The Kier molecular flexibility index (Phi) is 3.27. The minimum atomic E-state index is 0.0136. The minimum Gasteiger partial charge on any atom is -0.409 e. The Morgan fingerprint density at radius 2 is 2.22 bits per heavy atom. The Bertz CT molecular complexity index is 573. The lowest BCUT2D eigenvalue weighted by molar-refractivity contribution is 0.318. The van der Waals surface area contributed by atoms with Gasteiger partial charge >= 0.3 is 0 Å². The molecule has 2 aromatic rings. The summed E-state index contributed by atoms with van der Waals surface area (Å²) in [6.45, 7) is 4.13. The van der Waals surface area contributed by atoms with Gasteiger partial charge in [-0.25, -0.2) is 9.67 Å². The van der Waals surface area contributed by atoms with Crippen molar-refractivity contribution in [2.75, 3.05) is 0 Å². The normalized spacial score (nSPS) is 12.1. The molecule has 2 aromatic heterocycles. The van der Waals surface area contributed by atoms with Crippen molar-refractivity contribution in [1.82, 2.24) is 14.8 Å². The van der Waals surface area contributed by atoms with Gasteiger partial charge in [-0.3, -0.25) is 0 Å². The van der Waals surface area contributed by atoms with Gasteiger partial charge in [-0.2, -0.15) is 5.10 Å². The topological polar surface area (TPSA) is 89.3 Å². The Morgan fingerprint density at radius 3 is 2.83 bits per heavy atom. The molecule has 6 heteroatoms. The molecule has 18 heavy (non-hydrogen) atoms. The van der Waals surface area contributed by atoms with Gasteiger partial charge in [0.1, 0.15) is 0 Å². The van der Waals surface area contributed by atoms with Crippen molar-refractivity contribution in [3.63, 3.8) is 0 Å². The van der Waals surface area contributed by atoms with Gasteiger partial charge in [-0.15, -0.1) is 0 Å². The number of hydrogen-bond donors (Lipinski definition) is 2. The molecule has 0 unspecified atom stereocenters. The van der Waals surface area contributed by atoms with Crippen molar-refractivity contribution in [3.05, 3.63) is 41.9 Å². The molecule has 0 aliphatic heterocycles. The van der Waals surface area contributed by atoms with Crippen molar-refractivity contribution < 1.29 is 5.21 Å². The van der Waals surface area contributed by atoms with Gasteiger partial charge in [0, 0.05) is 12.4 Å². The van der Waals surface area contributed by atoms with E-state index in [1.165, 1.54) is 0 Å². The smallest absolute Gasteiger partial charge is 0.173 e. The van der Waals surface area contributed by atoms with Crippen molar-refractivity contribution in [2.45, 2.75) is 19.8 Å². The van der Waals surface area contributed by atoms with Crippen LogP contribution in [0.3, 0.4) is 0 Å². The van der Waals surface area contributed by atoms with Crippen molar-refractivity contribution in [3.8, 4) is 5.82 Å². The zero-order chi connectivity index (χ0) is 13.1. The molecule has 2 heterocycles. The molecule has 3 N–H and O–H groups in total. The lowest BCUT2D eigenvalue weighted by Crippen LogP contribution is -2.17. The molecular weight excluding hydrogens is 230 g/mol. The predicted molar refractivity (Wildman–Crippen MR) is 68.0 cm³/mol. The lowest BCUT2D eigenvalue weighted by atomic mass is 10.1. The summed E-state index contributed by atoms with van der Waals surface area (Å²) in [5, 5.41) is 16.2. The molecule has 0 radical (unpaired) electrons. The van der Waals surface area contributed by atoms with Crippen LogP contribution in [-0.2, 0) is 0 Å². The van der Waals surface area contributed by atoms with Crippen LogP contribution in [0.4, 0.5) is 0 Å². The number of hydrogen-bond acceptors (Lipinski definition) is 4. The summed E-state index contributed by atoms with van der Waals surface area (Å²) < 4.78 is 1.63. The first-order valence-corrected chi connectivity index (χ1v) is 5.62. The molecule has 0 spiro atoms. The maximum Gasteiger partial charge on any atom is 0.173 e. The highest BCUT2D eigenvalue weighted by Gasteiger charge is 2.12. The average molecular weight is 245 g/mol. The first-order chi connectivity index (χ1) is 8.63. The second-order valence-electron chi connectivity index (χ2n) is 4.20. The fourth-order valence-corrected chi connectivity index (χ4v) is 1.60. The highest BCUT2D eigenvalue weighted by atomic mass is 16.4. The Labute approximate surface area is 105 Å². The molecule has 0 aromatic carbocycles. The maximum absolute atomic E-state index is 8.76. The van der Waals surface area contributed by atoms with E-state index in [9.17, 15) is 0 Å². The molecule has 0 saturated carbocycles. The summed E-state index contributed by atoms with van der Waals surface area (Å²) in [6.07, 6.45) is 3.45. The fraction of sp³-hybridized carbons (Fsp3) is 0.250.